The van der Waals surface area contributed by atoms with Crippen molar-refractivity contribution in [3.05, 3.63) is 53.0 Å². The molecule has 21 heavy (non-hydrogen) atoms. The van der Waals surface area contributed by atoms with Crippen LogP contribution in [-0.2, 0) is 18.0 Å². The monoisotopic (exact) mass is 290 g/mol. The van der Waals surface area contributed by atoms with E-state index in [1.807, 2.05) is 24.3 Å². The third kappa shape index (κ3) is 3.84. The zero-order chi connectivity index (χ0) is 15.2. The van der Waals surface area contributed by atoms with E-state index in [1.165, 1.54) is 0 Å². The highest BCUT2D eigenvalue weighted by Crippen LogP contribution is 2.17. The molecule has 6 nitrogen and oxygen atoms in total. The summed E-state index contributed by atoms with van der Waals surface area (Å²) in [6.45, 7) is 2.43. The topological polar surface area (TPSA) is 86.7 Å². The zero-order valence-electron chi connectivity index (χ0n) is 12.0. The third-order valence-electron chi connectivity index (χ3n) is 3.02. The molecular weight excluding hydrogens is 272 g/mol. The van der Waals surface area contributed by atoms with Crippen LogP contribution in [0.15, 0.2) is 34.7 Å². The molecule has 1 heterocycles. The molecule has 0 aliphatic carbocycles. The average Bonchev–Trinajstić information content (AvgIpc) is 2.88. The predicted molar refractivity (Wildman–Crippen MR) is 76.6 cm³/mol. The Morgan fingerprint density at radius 3 is 2.62 bits per heavy atom. The van der Waals surface area contributed by atoms with Crippen molar-refractivity contribution < 1.29 is 18.7 Å². The standard InChI is InChI=1S/C15H18N2O4/c1-10-14(15(18)17-16)7-13(21-10)9-20-8-11-3-5-12(19-2)6-4-11/h3-7H,8-9,16H2,1-2H3,(H,17,18). The van der Waals surface area contributed by atoms with Gasteiger partial charge in [0.1, 0.15) is 23.9 Å². The Morgan fingerprint density at radius 1 is 1.29 bits per heavy atom. The molecule has 0 aliphatic rings. The first-order valence-electron chi connectivity index (χ1n) is 6.45. The van der Waals surface area contributed by atoms with Crippen LogP contribution < -0.4 is 16.0 Å². The molecule has 1 amide bonds. The second-order valence-corrected chi connectivity index (χ2v) is 4.50. The first kappa shape index (κ1) is 15.1. The van der Waals surface area contributed by atoms with Crippen LogP contribution in [0.3, 0.4) is 0 Å². The molecular formula is C15H18N2O4. The van der Waals surface area contributed by atoms with Gasteiger partial charge in [0.15, 0.2) is 0 Å². The molecule has 6 heteroatoms. The lowest BCUT2D eigenvalue weighted by Crippen LogP contribution is -2.30. The lowest BCUT2D eigenvalue weighted by Gasteiger charge is -2.04. The van der Waals surface area contributed by atoms with Crippen LogP contribution in [0.5, 0.6) is 5.75 Å². The van der Waals surface area contributed by atoms with Gasteiger partial charge in [-0.3, -0.25) is 10.2 Å². The van der Waals surface area contributed by atoms with Crippen LogP contribution in [0.25, 0.3) is 0 Å². The van der Waals surface area contributed by atoms with Crippen molar-refractivity contribution in [2.45, 2.75) is 20.1 Å². The number of hydrogen-bond donors (Lipinski definition) is 2. The smallest absolute Gasteiger partial charge is 0.268 e. The maximum Gasteiger partial charge on any atom is 0.268 e. The highest BCUT2D eigenvalue weighted by atomic mass is 16.5. The third-order valence-corrected chi connectivity index (χ3v) is 3.02. The molecule has 0 radical (unpaired) electrons. The van der Waals surface area contributed by atoms with Crippen LogP contribution >= 0.6 is 0 Å². The largest absolute Gasteiger partial charge is 0.497 e. The van der Waals surface area contributed by atoms with Gasteiger partial charge >= 0.3 is 0 Å². The second kappa shape index (κ2) is 6.92. The minimum atomic E-state index is -0.377. The Labute approximate surface area is 122 Å². The van der Waals surface area contributed by atoms with Gasteiger partial charge < -0.3 is 13.9 Å². The summed E-state index contributed by atoms with van der Waals surface area (Å²) >= 11 is 0. The molecule has 1 aromatic carbocycles. The van der Waals surface area contributed by atoms with Crippen LogP contribution in [0.4, 0.5) is 0 Å². The Bertz CT molecular complexity index is 605. The number of hydrogen-bond acceptors (Lipinski definition) is 5. The Hall–Kier alpha value is -2.31. The zero-order valence-corrected chi connectivity index (χ0v) is 12.0. The van der Waals surface area contributed by atoms with Gasteiger partial charge in [-0.2, -0.15) is 0 Å². The van der Waals surface area contributed by atoms with Crippen LogP contribution in [0, 0.1) is 6.92 Å². The SMILES string of the molecule is COc1ccc(COCc2cc(C(=O)NN)c(C)o2)cc1. The van der Waals surface area contributed by atoms with Gasteiger partial charge in [-0.25, -0.2) is 5.84 Å². The van der Waals surface area contributed by atoms with E-state index >= 15 is 0 Å². The van der Waals surface area contributed by atoms with Crippen molar-refractivity contribution in [3.8, 4) is 5.75 Å². The maximum atomic E-state index is 11.5. The number of carbonyl (C=O) groups is 1. The molecule has 0 spiro atoms. The molecule has 0 unspecified atom stereocenters. The maximum absolute atomic E-state index is 11.5. The van der Waals surface area contributed by atoms with Crippen molar-refractivity contribution >= 4 is 5.91 Å². The van der Waals surface area contributed by atoms with E-state index in [1.54, 1.807) is 20.1 Å². The van der Waals surface area contributed by atoms with E-state index in [9.17, 15) is 4.79 Å². The molecule has 2 rings (SSSR count). The summed E-state index contributed by atoms with van der Waals surface area (Å²) in [5.74, 6) is 6.62. The molecule has 0 aliphatic heterocycles. The highest BCUT2D eigenvalue weighted by Gasteiger charge is 2.13. The van der Waals surface area contributed by atoms with E-state index in [2.05, 4.69) is 5.43 Å². The Kier molecular flexibility index (Phi) is 4.97. The Morgan fingerprint density at radius 2 is 2.00 bits per heavy atom. The van der Waals surface area contributed by atoms with Crippen molar-refractivity contribution in [3.63, 3.8) is 0 Å². The molecule has 0 atom stereocenters. The predicted octanol–water partition coefficient (Wildman–Crippen LogP) is 1.92. The van der Waals surface area contributed by atoms with Crippen molar-refractivity contribution in [2.75, 3.05) is 7.11 Å². The van der Waals surface area contributed by atoms with Gasteiger partial charge in [-0.15, -0.1) is 0 Å². The number of nitrogen functional groups attached to an aromatic ring is 1. The number of carbonyl (C=O) groups excluding carboxylic acids is 1. The Balaban J connectivity index is 1.89. The number of amides is 1. The summed E-state index contributed by atoms with van der Waals surface area (Å²) in [7, 11) is 1.62. The minimum Gasteiger partial charge on any atom is -0.497 e. The van der Waals surface area contributed by atoms with E-state index in [4.69, 9.17) is 19.7 Å². The van der Waals surface area contributed by atoms with Gasteiger partial charge in [0, 0.05) is 0 Å². The number of nitrogens with one attached hydrogen (secondary N) is 1. The fraction of sp³-hybridized carbons (Fsp3) is 0.267. The van der Waals surface area contributed by atoms with E-state index in [0.29, 0.717) is 23.7 Å². The van der Waals surface area contributed by atoms with Crippen molar-refractivity contribution in [2.24, 2.45) is 5.84 Å². The lowest BCUT2D eigenvalue weighted by atomic mass is 10.2. The average molecular weight is 290 g/mol. The molecule has 1 aromatic heterocycles. The number of aryl methyl sites for hydroxylation is 1. The highest BCUT2D eigenvalue weighted by molar-refractivity contribution is 5.94. The van der Waals surface area contributed by atoms with Gasteiger partial charge in [-0.05, 0) is 30.7 Å². The molecule has 0 bridgehead atoms. The first-order valence-corrected chi connectivity index (χ1v) is 6.45. The summed E-state index contributed by atoms with van der Waals surface area (Å²) in [6.07, 6.45) is 0. The van der Waals surface area contributed by atoms with E-state index in [0.717, 1.165) is 11.3 Å². The normalized spacial score (nSPS) is 10.4. The van der Waals surface area contributed by atoms with Gasteiger partial charge in [0.25, 0.3) is 5.91 Å². The number of nitrogens with two attached hydrogens (primary N) is 1. The summed E-state index contributed by atoms with van der Waals surface area (Å²) in [4.78, 5) is 11.5. The van der Waals surface area contributed by atoms with Gasteiger partial charge in [0.2, 0.25) is 0 Å². The number of benzene rings is 1. The first-order chi connectivity index (χ1) is 10.1. The molecule has 112 valence electrons. The van der Waals surface area contributed by atoms with Crippen molar-refractivity contribution in [1.29, 1.82) is 0 Å². The molecule has 0 saturated heterocycles. The van der Waals surface area contributed by atoms with E-state index < -0.39 is 0 Å². The van der Waals surface area contributed by atoms with E-state index in [-0.39, 0.29) is 12.5 Å². The molecule has 2 aromatic rings. The summed E-state index contributed by atoms with van der Waals surface area (Å²) < 4.78 is 16.1. The van der Waals surface area contributed by atoms with Gasteiger partial charge in [-0.1, -0.05) is 12.1 Å². The summed E-state index contributed by atoms with van der Waals surface area (Å²) in [5.41, 5.74) is 3.52. The summed E-state index contributed by atoms with van der Waals surface area (Å²) in [5, 5.41) is 0. The quantitative estimate of drug-likeness (QED) is 0.482. The number of ether oxygens (including phenoxy) is 2. The van der Waals surface area contributed by atoms with Crippen LogP contribution in [0.2, 0.25) is 0 Å². The fourth-order valence-electron chi connectivity index (χ4n) is 1.91. The minimum absolute atomic E-state index is 0.282. The fourth-order valence-corrected chi connectivity index (χ4v) is 1.91. The number of furan rings is 1. The number of rotatable bonds is 6. The molecule has 0 fully saturated rings. The number of hydrazine groups is 1. The lowest BCUT2D eigenvalue weighted by molar-refractivity contribution is 0.0923. The second-order valence-electron chi connectivity index (χ2n) is 4.50. The molecule has 0 saturated carbocycles. The van der Waals surface area contributed by atoms with Crippen LogP contribution in [0.1, 0.15) is 27.4 Å². The van der Waals surface area contributed by atoms with Crippen LogP contribution in [-0.4, -0.2) is 13.0 Å². The number of methoxy groups -OCH3 is 1. The molecule has 3 N–H and O–H groups in total. The van der Waals surface area contributed by atoms with Crippen molar-refractivity contribution in [1.82, 2.24) is 5.43 Å². The summed E-state index contributed by atoms with van der Waals surface area (Å²) in [6, 6.07) is 9.24. The van der Waals surface area contributed by atoms with Gasteiger partial charge in [0.05, 0.1) is 19.3 Å².